The first-order valence-electron chi connectivity index (χ1n) is 9.11. The molecule has 0 radical (unpaired) electrons. The zero-order chi connectivity index (χ0) is 19.4. The molecule has 8 heteroatoms. The molecule has 1 aromatic carbocycles. The van der Waals surface area contributed by atoms with E-state index in [1.54, 1.807) is 18.2 Å². The van der Waals surface area contributed by atoms with Crippen LogP contribution in [0.5, 0.6) is 5.75 Å². The second-order valence-corrected chi connectivity index (χ2v) is 7.02. The molecule has 3 rings (SSSR count). The number of nitrogens with zero attached hydrogens (tertiary/aromatic N) is 1. The maximum atomic E-state index is 12.5. The average molecular weight is 376 g/mol. The van der Waals surface area contributed by atoms with Gasteiger partial charge in [0.2, 0.25) is 5.91 Å². The third-order valence-electron chi connectivity index (χ3n) is 5.28. The summed E-state index contributed by atoms with van der Waals surface area (Å²) < 4.78 is 10.3. The van der Waals surface area contributed by atoms with Crippen LogP contribution in [0.25, 0.3) is 0 Å². The Morgan fingerprint density at radius 1 is 1.30 bits per heavy atom. The number of carbonyl (C=O) groups is 3. The Morgan fingerprint density at radius 3 is 2.63 bits per heavy atom. The molecule has 146 valence electrons. The molecule has 1 saturated heterocycles. The van der Waals surface area contributed by atoms with Crippen molar-refractivity contribution in [2.75, 3.05) is 30.5 Å². The lowest BCUT2D eigenvalue weighted by Gasteiger charge is -2.32. The van der Waals surface area contributed by atoms with Crippen molar-refractivity contribution in [1.29, 1.82) is 0 Å². The molecule has 0 atom stereocenters. The van der Waals surface area contributed by atoms with E-state index in [4.69, 9.17) is 9.47 Å². The van der Waals surface area contributed by atoms with E-state index in [1.807, 2.05) is 0 Å². The molecule has 2 fully saturated rings. The lowest BCUT2D eigenvalue weighted by atomic mass is 9.71. The van der Waals surface area contributed by atoms with Crippen LogP contribution in [0.15, 0.2) is 18.2 Å². The van der Waals surface area contributed by atoms with Gasteiger partial charge in [-0.05, 0) is 25.0 Å². The maximum absolute atomic E-state index is 12.5. The Kier molecular flexibility index (Phi) is 5.53. The van der Waals surface area contributed by atoms with E-state index in [0.717, 1.165) is 19.3 Å². The van der Waals surface area contributed by atoms with Gasteiger partial charge in [-0.2, -0.15) is 0 Å². The van der Waals surface area contributed by atoms with E-state index in [2.05, 4.69) is 5.32 Å². The molecular weight excluding hydrogens is 352 g/mol. The molecule has 0 spiro atoms. The number of carbonyl (C=O) groups excluding carboxylic acids is 2. The van der Waals surface area contributed by atoms with Crippen molar-refractivity contribution < 1.29 is 29.0 Å². The Bertz CT molecular complexity index is 742. The highest BCUT2D eigenvalue weighted by Crippen LogP contribution is 2.40. The van der Waals surface area contributed by atoms with Crippen molar-refractivity contribution in [1.82, 2.24) is 0 Å². The number of cyclic esters (lactones) is 1. The second kappa shape index (κ2) is 7.85. The number of hydrogen-bond acceptors (Lipinski definition) is 5. The Labute approximate surface area is 157 Å². The smallest absolute Gasteiger partial charge is 0.414 e. The Balaban J connectivity index is 1.72. The Morgan fingerprint density at radius 2 is 2.04 bits per heavy atom. The first-order chi connectivity index (χ1) is 12.9. The molecule has 2 N–H and O–H groups in total. The summed E-state index contributed by atoms with van der Waals surface area (Å²) in [6.45, 7) is 0.750. The average Bonchev–Trinajstić information content (AvgIpc) is 3.08. The molecule has 1 saturated carbocycles. The van der Waals surface area contributed by atoms with Crippen LogP contribution in [-0.4, -0.2) is 43.3 Å². The monoisotopic (exact) mass is 376 g/mol. The molecule has 2 aliphatic rings. The SMILES string of the molecule is COc1cc(NC(=O)CC2(C(=O)O)CCCCC2)ccc1N1CCOC1=O. The van der Waals surface area contributed by atoms with Gasteiger partial charge in [-0.15, -0.1) is 0 Å². The molecule has 2 amide bonds. The summed E-state index contributed by atoms with van der Waals surface area (Å²) in [7, 11) is 1.48. The summed E-state index contributed by atoms with van der Waals surface area (Å²) in [6.07, 6.45) is 3.22. The first-order valence-corrected chi connectivity index (χ1v) is 9.11. The van der Waals surface area contributed by atoms with Gasteiger partial charge in [0, 0.05) is 18.2 Å². The highest BCUT2D eigenvalue weighted by molar-refractivity contribution is 5.96. The standard InChI is InChI=1S/C19H24N2O6/c1-26-15-11-13(5-6-14(15)21-9-10-27-18(21)25)20-16(22)12-19(17(23)24)7-3-2-4-8-19/h5-6,11H,2-4,7-10,12H2,1H3,(H,20,22)(H,23,24). The van der Waals surface area contributed by atoms with E-state index >= 15 is 0 Å². The summed E-state index contributed by atoms with van der Waals surface area (Å²) in [4.78, 5) is 37.4. The van der Waals surface area contributed by atoms with Crippen molar-refractivity contribution in [2.45, 2.75) is 38.5 Å². The number of carboxylic acids is 1. The van der Waals surface area contributed by atoms with Gasteiger partial charge in [-0.1, -0.05) is 19.3 Å². The zero-order valence-electron chi connectivity index (χ0n) is 15.3. The van der Waals surface area contributed by atoms with Crippen LogP contribution in [0.3, 0.4) is 0 Å². The number of rotatable bonds is 6. The van der Waals surface area contributed by atoms with Gasteiger partial charge in [0.05, 0.1) is 24.8 Å². The fourth-order valence-electron chi connectivity index (χ4n) is 3.80. The summed E-state index contributed by atoms with van der Waals surface area (Å²) in [5, 5.41) is 12.4. The molecule has 27 heavy (non-hydrogen) atoms. The number of aliphatic carboxylic acids is 1. The normalized spacial score (nSPS) is 18.7. The number of methoxy groups -OCH3 is 1. The number of ether oxygens (including phenoxy) is 2. The van der Waals surface area contributed by atoms with Crippen LogP contribution in [0.4, 0.5) is 16.2 Å². The van der Waals surface area contributed by atoms with Crippen molar-refractivity contribution in [2.24, 2.45) is 5.41 Å². The fraction of sp³-hybridized carbons (Fsp3) is 0.526. The van der Waals surface area contributed by atoms with E-state index in [-0.39, 0.29) is 12.3 Å². The number of carboxylic acid groups (broad SMARTS) is 1. The van der Waals surface area contributed by atoms with Gasteiger partial charge in [0.25, 0.3) is 0 Å². The second-order valence-electron chi connectivity index (χ2n) is 7.02. The number of amides is 2. The van der Waals surface area contributed by atoms with Crippen molar-refractivity contribution >= 4 is 29.3 Å². The van der Waals surface area contributed by atoms with Crippen LogP contribution in [0.2, 0.25) is 0 Å². The fourth-order valence-corrected chi connectivity index (χ4v) is 3.80. The lowest BCUT2D eigenvalue weighted by molar-refractivity contribution is -0.153. The molecule has 1 aliphatic heterocycles. The summed E-state index contributed by atoms with van der Waals surface area (Å²) >= 11 is 0. The Hall–Kier alpha value is -2.77. The predicted octanol–water partition coefficient (Wildman–Crippen LogP) is 3.02. The van der Waals surface area contributed by atoms with Gasteiger partial charge in [0.15, 0.2) is 0 Å². The largest absolute Gasteiger partial charge is 0.494 e. The van der Waals surface area contributed by atoms with Crippen molar-refractivity contribution in [3.05, 3.63) is 18.2 Å². The summed E-state index contributed by atoms with van der Waals surface area (Å²) in [5.74, 6) is -0.815. The van der Waals surface area contributed by atoms with Gasteiger partial charge in [-0.3, -0.25) is 14.5 Å². The highest BCUT2D eigenvalue weighted by atomic mass is 16.6. The zero-order valence-corrected chi connectivity index (χ0v) is 15.3. The van der Waals surface area contributed by atoms with Crippen LogP contribution < -0.4 is 15.0 Å². The number of benzene rings is 1. The molecule has 0 bridgehead atoms. The third-order valence-corrected chi connectivity index (χ3v) is 5.28. The van der Waals surface area contributed by atoms with Gasteiger partial charge >= 0.3 is 12.1 Å². The van der Waals surface area contributed by atoms with Crippen LogP contribution in [0.1, 0.15) is 38.5 Å². The molecule has 1 heterocycles. The van der Waals surface area contributed by atoms with Crippen LogP contribution in [-0.2, 0) is 14.3 Å². The molecular formula is C19H24N2O6. The predicted molar refractivity (Wildman–Crippen MR) is 98.1 cm³/mol. The minimum absolute atomic E-state index is 0.0507. The van der Waals surface area contributed by atoms with E-state index in [1.165, 1.54) is 12.0 Å². The molecule has 1 aliphatic carbocycles. The molecule has 0 aromatic heterocycles. The highest BCUT2D eigenvalue weighted by Gasteiger charge is 2.41. The third kappa shape index (κ3) is 3.99. The van der Waals surface area contributed by atoms with Crippen LogP contribution in [0, 0.1) is 5.41 Å². The van der Waals surface area contributed by atoms with E-state index < -0.39 is 17.5 Å². The summed E-state index contributed by atoms with van der Waals surface area (Å²) in [5.41, 5.74) is 0.0721. The number of hydrogen-bond donors (Lipinski definition) is 2. The topological polar surface area (TPSA) is 105 Å². The lowest BCUT2D eigenvalue weighted by Crippen LogP contribution is -2.37. The minimum Gasteiger partial charge on any atom is -0.494 e. The number of anilines is 2. The van der Waals surface area contributed by atoms with E-state index in [9.17, 15) is 19.5 Å². The quantitative estimate of drug-likeness (QED) is 0.791. The molecule has 8 nitrogen and oxygen atoms in total. The molecule has 1 aromatic rings. The molecule has 0 unspecified atom stereocenters. The van der Waals surface area contributed by atoms with Crippen molar-refractivity contribution in [3.63, 3.8) is 0 Å². The van der Waals surface area contributed by atoms with E-state index in [0.29, 0.717) is 43.1 Å². The maximum Gasteiger partial charge on any atom is 0.414 e. The first kappa shape index (κ1) is 19.0. The summed E-state index contributed by atoms with van der Waals surface area (Å²) in [6, 6.07) is 4.96. The van der Waals surface area contributed by atoms with Gasteiger partial charge in [-0.25, -0.2) is 4.79 Å². The van der Waals surface area contributed by atoms with Gasteiger partial charge < -0.3 is 19.9 Å². The van der Waals surface area contributed by atoms with Crippen molar-refractivity contribution in [3.8, 4) is 5.75 Å². The number of nitrogens with one attached hydrogen (secondary N) is 1. The van der Waals surface area contributed by atoms with Gasteiger partial charge in [0.1, 0.15) is 12.4 Å². The minimum atomic E-state index is -0.980. The van der Waals surface area contributed by atoms with Crippen LogP contribution >= 0.6 is 0 Å².